The van der Waals surface area contributed by atoms with Crippen LogP contribution in [0.3, 0.4) is 0 Å². The van der Waals surface area contributed by atoms with Gasteiger partial charge in [-0.1, -0.05) is 6.07 Å². The van der Waals surface area contributed by atoms with Gasteiger partial charge in [-0.05, 0) is 17.7 Å². The zero-order valence-corrected chi connectivity index (χ0v) is 11.9. The van der Waals surface area contributed by atoms with E-state index in [0.29, 0.717) is 17.7 Å². The second kappa shape index (κ2) is 6.34. The molecule has 1 aliphatic heterocycles. The normalized spacial score (nSPS) is 14.2. The first-order valence-electron chi connectivity index (χ1n) is 6.44. The number of hydrazone groups is 1. The second-order valence-corrected chi connectivity index (χ2v) is 4.72. The van der Waals surface area contributed by atoms with Crippen LogP contribution in [-0.2, 0) is 16.1 Å². The van der Waals surface area contributed by atoms with Crippen molar-refractivity contribution < 1.29 is 18.7 Å². The highest BCUT2D eigenvalue weighted by molar-refractivity contribution is 6.39. The van der Waals surface area contributed by atoms with Crippen molar-refractivity contribution in [1.29, 1.82) is 0 Å². The maximum absolute atomic E-state index is 13.6. The number of hydrogen-bond donors (Lipinski definition) is 1. The van der Waals surface area contributed by atoms with Gasteiger partial charge in [-0.3, -0.25) is 9.59 Å². The van der Waals surface area contributed by atoms with Crippen LogP contribution in [0.4, 0.5) is 4.39 Å². The molecule has 1 aliphatic rings. The predicted octanol–water partition coefficient (Wildman–Crippen LogP) is 1.06. The van der Waals surface area contributed by atoms with Crippen LogP contribution in [0.1, 0.15) is 18.4 Å². The summed E-state index contributed by atoms with van der Waals surface area (Å²) in [5.41, 5.74) is 3.22. The third-order valence-electron chi connectivity index (χ3n) is 3.13. The minimum absolute atomic E-state index is 0.159. The smallest absolute Gasteiger partial charge is 0.270 e. The first-order chi connectivity index (χ1) is 10.0. The van der Waals surface area contributed by atoms with Gasteiger partial charge in [-0.15, -0.1) is 0 Å². The second-order valence-electron chi connectivity index (χ2n) is 4.72. The van der Waals surface area contributed by atoms with E-state index in [4.69, 9.17) is 4.74 Å². The average molecular weight is 293 g/mol. The molecule has 0 saturated heterocycles. The van der Waals surface area contributed by atoms with E-state index in [0.717, 1.165) is 0 Å². The molecule has 0 aromatic heterocycles. The van der Waals surface area contributed by atoms with Gasteiger partial charge in [-0.2, -0.15) is 5.10 Å². The number of carbonyl (C=O) groups is 2. The van der Waals surface area contributed by atoms with Crippen LogP contribution in [0.25, 0.3) is 0 Å². The summed E-state index contributed by atoms with van der Waals surface area (Å²) in [5.74, 6) is -0.803. The molecule has 0 unspecified atom stereocenters. The van der Waals surface area contributed by atoms with Crippen molar-refractivity contribution in [2.45, 2.75) is 19.4 Å². The molecule has 6 nitrogen and oxygen atoms in total. The summed E-state index contributed by atoms with van der Waals surface area (Å²) in [6.45, 7) is 0.243. The van der Waals surface area contributed by atoms with Gasteiger partial charge in [0.25, 0.3) is 5.91 Å². The Bertz CT molecular complexity index is 601. The first kappa shape index (κ1) is 15.0. The molecule has 7 heteroatoms. The number of rotatable bonds is 4. The van der Waals surface area contributed by atoms with Gasteiger partial charge in [0, 0.05) is 26.4 Å². The van der Waals surface area contributed by atoms with Crippen molar-refractivity contribution in [2.24, 2.45) is 5.10 Å². The Morgan fingerprint density at radius 2 is 2.24 bits per heavy atom. The molecule has 112 valence electrons. The molecule has 1 heterocycles. The Morgan fingerprint density at radius 3 is 2.81 bits per heavy atom. The number of nitrogens with zero attached hydrogens (tertiary/aromatic N) is 2. The van der Waals surface area contributed by atoms with Gasteiger partial charge < -0.3 is 9.64 Å². The van der Waals surface area contributed by atoms with E-state index in [1.165, 1.54) is 24.1 Å². The van der Waals surface area contributed by atoms with Crippen LogP contribution in [-0.4, -0.2) is 36.6 Å². The third kappa shape index (κ3) is 3.56. The number of ether oxygens (including phenoxy) is 1. The van der Waals surface area contributed by atoms with E-state index in [1.807, 2.05) is 0 Å². The fourth-order valence-electron chi connectivity index (χ4n) is 2.00. The molecule has 1 aromatic carbocycles. The maximum atomic E-state index is 13.6. The maximum Gasteiger partial charge on any atom is 0.270 e. The lowest BCUT2D eigenvalue weighted by Gasteiger charge is -2.20. The minimum atomic E-state index is -0.474. The summed E-state index contributed by atoms with van der Waals surface area (Å²) in [5, 5.41) is 3.75. The molecule has 0 aliphatic carbocycles. The number of halogens is 1. The van der Waals surface area contributed by atoms with Crippen molar-refractivity contribution in [3.05, 3.63) is 29.6 Å². The Balaban J connectivity index is 2.04. The Kier molecular flexibility index (Phi) is 4.52. The largest absolute Gasteiger partial charge is 0.494 e. The van der Waals surface area contributed by atoms with Crippen LogP contribution in [0.5, 0.6) is 5.75 Å². The van der Waals surface area contributed by atoms with E-state index < -0.39 is 5.82 Å². The number of nitrogens with one attached hydrogen (secondary N) is 1. The highest BCUT2D eigenvalue weighted by atomic mass is 19.1. The van der Waals surface area contributed by atoms with Gasteiger partial charge in [0.05, 0.1) is 7.11 Å². The third-order valence-corrected chi connectivity index (χ3v) is 3.13. The van der Waals surface area contributed by atoms with Gasteiger partial charge in [0.1, 0.15) is 5.71 Å². The van der Waals surface area contributed by atoms with Crippen LogP contribution in [0, 0.1) is 5.82 Å². The first-order valence-corrected chi connectivity index (χ1v) is 6.44. The fraction of sp³-hybridized carbons (Fsp3) is 0.357. The number of carbonyl (C=O) groups excluding carboxylic acids is 2. The molecule has 0 bridgehead atoms. The molecule has 0 fully saturated rings. The molecule has 0 radical (unpaired) electrons. The summed E-state index contributed by atoms with van der Waals surface area (Å²) in [7, 11) is 2.99. The Morgan fingerprint density at radius 1 is 1.48 bits per heavy atom. The monoisotopic (exact) mass is 293 g/mol. The lowest BCUT2D eigenvalue weighted by molar-refractivity contribution is -0.124. The van der Waals surface area contributed by atoms with E-state index in [9.17, 15) is 14.0 Å². The molecule has 2 amide bonds. The Hall–Kier alpha value is -2.44. The van der Waals surface area contributed by atoms with E-state index >= 15 is 0 Å². The van der Waals surface area contributed by atoms with Gasteiger partial charge in [0.15, 0.2) is 11.6 Å². The van der Waals surface area contributed by atoms with Crippen LogP contribution in [0.2, 0.25) is 0 Å². The summed E-state index contributed by atoms with van der Waals surface area (Å²) >= 11 is 0. The zero-order valence-electron chi connectivity index (χ0n) is 11.9. The quantitative estimate of drug-likeness (QED) is 0.902. The Labute approximate surface area is 121 Å². The van der Waals surface area contributed by atoms with Crippen molar-refractivity contribution in [3.8, 4) is 5.75 Å². The molecule has 21 heavy (non-hydrogen) atoms. The predicted molar refractivity (Wildman–Crippen MR) is 74.2 cm³/mol. The molecule has 1 N–H and O–H groups in total. The van der Waals surface area contributed by atoms with Gasteiger partial charge in [0.2, 0.25) is 5.91 Å². The summed E-state index contributed by atoms with van der Waals surface area (Å²) in [4.78, 5) is 24.6. The fourth-order valence-corrected chi connectivity index (χ4v) is 2.00. The van der Waals surface area contributed by atoms with Crippen molar-refractivity contribution >= 4 is 17.5 Å². The molecular weight excluding hydrogens is 277 g/mol. The summed E-state index contributed by atoms with van der Waals surface area (Å²) in [6, 6.07) is 4.53. The standard InChI is InChI=1S/C14H16FN3O3/c1-18(14(20)11-4-6-13(19)17-16-11)8-9-3-5-12(21-2)10(15)7-9/h3,5,7H,4,6,8H2,1-2H3,(H,17,19). The van der Waals surface area contributed by atoms with E-state index in [1.54, 1.807) is 13.1 Å². The molecular formula is C14H16FN3O3. The highest BCUT2D eigenvalue weighted by Gasteiger charge is 2.21. The van der Waals surface area contributed by atoms with Crippen LogP contribution < -0.4 is 10.2 Å². The lowest BCUT2D eigenvalue weighted by Crippen LogP contribution is -2.37. The molecule has 0 atom stereocenters. The summed E-state index contributed by atoms with van der Waals surface area (Å²) < 4.78 is 18.4. The summed E-state index contributed by atoms with van der Waals surface area (Å²) in [6.07, 6.45) is 0.557. The zero-order chi connectivity index (χ0) is 15.4. The average Bonchev–Trinajstić information content (AvgIpc) is 2.47. The molecule has 2 rings (SSSR count). The van der Waals surface area contributed by atoms with Crippen molar-refractivity contribution in [2.75, 3.05) is 14.2 Å². The van der Waals surface area contributed by atoms with Crippen molar-refractivity contribution in [3.63, 3.8) is 0 Å². The lowest BCUT2D eigenvalue weighted by atomic mass is 10.1. The number of hydrogen-bond acceptors (Lipinski definition) is 4. The van der Waals surface area contributed by atoms with Gasteiger partial charge >= 0.3 is 0 Å². The van der Waals surface area contributed by atoms with Crippen LogP contribution in [0.15, 0.2) is 23.3 Å². The minimum Gasteiger partial charge on any atom is -0.494 e. The van der Waals surface area contributed by atoms with Crippen LogP contribution >= 0.6 is 0 Å². The molecule has 0 spiro atoms. The topological polar surface area (TPSA) is 71.0 Å². The number of methoxy groups -OCH3 is 1. The number of benzene rings is 1. The molecule has 0 saturated carbocycles. The van der Waals surface area contributed by atoms with Crippen molar-refractivity contribution in [1.82, 2.24) is 10.3 Å². The number of amides is 2. The van der Waals surface area contributed by atoms with Gasteiger partial charge in [-0.25, -0.2) is 9.82 Å². The van der Waals surface area contributed by atoms with E-state index in [-0.39, 0.29) is 30.5 Å². The SMILES string of the molecule is COc1ccc(CN(C)C(=O)C2=NNC(=O)CC2)cc1F. The molecule has 1 aromatic rings. The van der Waals surface area contributed by atoms with E-state index in [2.05, 4.69) is 10.5 Å². The highest BCUT2D eigenvalue weighted by Crippen LogP contribution is 2.18.